The molecule has 0 aliphatic heterocycles. The molecule has 0 saturated heterocycles. The molecule has 0 atom stereocenters. The topological polar surface area (TPSA) is 98.3 Å². The quantitative estimate of drug-likeness (QED) is 0.551. The number of aromatic nitrogens is 3. The van der Waals surface area contributed by atoms with Gasteiger partial charge in [0.2, 0.25) is 0 Å². The number of hydrogen-bond donors (Lipinski definition) is 1. The summed E-state index contributed by atoms with van der Waals surface area (Å²) in [7, 11) is 0. The fraction of sp³-hybridized carbons (Fsp3) is 0.100. The van der Waals surface area contributed by atoms with Gasteiger partial charge in [0.05, 0.1) is 17.7 Å². The van der Waals surface area contributed by atoms with Crippen LogP contribution in [0.5, 0.6) is 5.75 Å². The Morgan fingerprint density at radius 1 is 1.11 bits per heavy atom. The smallest absolute Gasteiger partial charge is 0.360 e. The van der Waals surface area contributed by atoms with E-state index in [0.29, 0.717) is 22.5 Å². The molecule has 4 aromatic rings. The third kappa shape index (κ3) is 2.89. The molecule has 0 spiro atoms. The summed E-state index contributed by atoms with van der Waals surface area (Å²) in [5.74, 6) is -1.06. The van der Waals surface area contributed by atoms with E-state index in [2.05, 4.69) is 15.1 Å². The molecule has 0 radical (unpaired) electrons. The number of carbonyl (C=O) groups is 1. The first-order valence-corrected chi connectivity index (χ1v) is 8.37. The Labute approximate surface area is 154 Å². The molecule has 0 amide bonds. The van der Waals surface area contributed by atoms with Crippen LogP contribution in [-0.4, -0.2) is 32.8 Å². The van der Waals surface area contributed by atoms with Gasteiger partial charge in [-0.3, -0.25) is 4.98 Å². The molecule has 0 aliphatic rings. The van der Waals surface area contributed by atoms with Crippen LogP contribution in [0.25, 0.3) is 33.6 Å². The zero-order chi connectivity index (χ0) is 18.8. The van der Waals surface area contributed by atoms with Gasteiger partial charge in [-0.05, 0) is 19.1 Å². The van der Waals surface area contributed by atoms with Gasteiger partial charge in [-0.1, -0.05) is 41.6 Å². The minimum Gasteiger partial charge on any atom is -0.505 e. The zero-order valence-corrected chi connectivity index (χ0v) is 14.4. The number of fused-ring (bicyclic) bond motifs is 1. The molecular weight excluding hydrogens is 346 g/mol. The number of carbonyl (C=O) groups excluding carboxylic acids is 1. The van der Waals surface area contributed by atoms with E-state index in [1.807, 2.05) is 30.3 Å². The molecule has 134 valence electrons. The first-order chi connectivity index (χ1) is 13.2. The number of rotatable bonds is 4. The average molecular weight is 361 g/mol. The van der Waals surface area contributed by atoms with Crippen LogP contribution in [0.15, 0.2) is 59.3 Å². The second-order valence-electron chi connectivity index (χ2n) is 5.69. The first kappa shape index (κ1) is 16.7. The second-order valence-corrected chi connectivity index (χ2v) is 5.69. The van der Waals surface area contributed by atoms with Gasteiger partial charge in [-0.2, -0.15) is 0 Å². The maximum Gasteiger partial charge on any atom is 0.360 e. The molecule has 1 aromatic carbocycles. The Bertz CT molecular complexity index is 1110. The highest BCUT2D eigenvalue weighted by Crippen LogP contribution is 2.40. The highest BCUT2D eigenvalue weighted by Gasteiger charge is 2.27. The van der Waals surface area contributed by atoms with Gasteiger partial charge in [0.15, 0.2) is 17.0 Å². The van der Waals surface area contributed by atoms with Gasteiger partial charge in [0.1, 0.15) is 11.4 Å². The molecule has 3 heterocycles. The van der Waals surface area contributed by atoms with E-state index in [-0.39, 0.29) is 23.6 Å². The van der Waals surface area contributed by atoms with Crippen LogP contribution < -0.4 is 0 Å². The summed E-state index contributed by atoms with van der Waals surface area (Å²) in [6.45, 7) is 1.84. The zero-order valence-electron chi connectivity index (χ0n) is 14.4. The SMILES string of the molecule is CCOC(=O)c1nc(-c2ccccn2)c2onc(-c3ccccc3)c2c1O. The Morgan fingerprint density at radius 3 is 2.59 bits per heavy atom. The molecule has 0 saturated carbocycles. The van der Waals surface area contributed by atoms with Gasteiger partial charge in [-0.15, -0.1) is 0 Å². The standard InChI is InChI=1S/C20H15N3O4/c1-2-26-20(25)17-18(24)14-15(12-8-4-3-5-9-12)23-27-19(14)16(22-17)13-10-6-7-11-21-13/h3-11,24H,2H2,1H3. The minimum atomic E-state index is -0.728. The van der Waals surface area contributed by atoms with E-state index < -0.39 is 5.97 Å². The lowest BCUT2D eigenvalue weighted by atomic mass is 10.0. The van der Waals surface area contributed by atoms with Crippen LogP contribution in [0.4, 0.5) is 0 Å². The maximum atomic E-state index is 12.3. The molecule has 4 rings (SSSR count). The number of esters is 1. The molecule has 3 aromatic heterocycles. The summed E-state index contributed by atoms with van der Waals surface area (Å²) in [6.07, 6.45) is 1.61. The largest absolute Gasteiger partial charge is 0.505 e. The van der Waals surface area contributed by atoms with Gasteiger partial charge in [-0.25, -0.2) is 9.78 Å². The molecular formula is C20H15N3O4. The summed E-state index contributed by atoms with van der Waals surface area (Å²) < 4.78 is 10.5. The van der Waals surface area contributed by atoms with Crippen molar-refractivity contribution in [2.24, 2.45) is 0 Å². The molecule has 0 bridgehead atoms. The summed E-state index contributed by atoms with van der Waals surface area (Å²) in [5, 5.41) is 15.2. The van der Waals surface area contributed by atoms with Crippen molar-refractivity contribution < 1.29 is 19.2 Å². The summed E-state index contributed by atoms with van der Waals surface area (Å²) in [6, 6.07) is 14.5. The number of ether oxygens (including phenoxy) is 1. The van der Waals surface area contributed by atoms with E-state index in [0.717, 1.165) is 5.56 Å². The van der Waals surface area contributed by atoms with Crippen molar-refractivity contribution in [1.82, 2.24) is 15.1 Å². The predicted molar refractivity (Wildman–Crippen MR) is 98.1 cm³/mol. The van der Waals surface area contributed by atoms with Crippen molar-refractivity contribution in [3.8, 4) is 28.4 Å². The van der Waals surface area contributed by atoms with Crippen LogP contribution in [0.2, 0.25) is 0 Å². The lowest BCUT2D eigenvalue weighted by Gasteiger charge is -2.08. The molecule has 7 nitrogen and oxygen atoms in total. The van der Waals surface area contributed by atoms with Crippen molar-refractivity contribution in [3.05, 3.63) is 60.4 Å². The third-order valence-corrected chi connectivity index (χ3v) is 4.02. The van der Waals surface area contributed by atoms with E-state index >= 15 is 0 Å². The number of pyridine rings is 2. The van der Waals surface area contributed by atoms with Crippen LogP contribution in [0.1, 0.15) is 17.4 Å². The number of aromatic hydroxyl groups is 1. The highest BCUT2D eigenvalue weighted by atomic mass is 16.5. The molecule has 0 unspecified atom stereocenters. The number of benzene rings is 1. The second kappa shape index (κ2) is 6.87. The molecule has 0 fully saturated rings. The number of hydrogen-bond acceptors (Lipinski definition) is 7. The Balaban J connectivity index is 2.05. The maximum absolute atomic E-state index is 12.3. The van der Waals surface area contributed by atoms with Crippen molar-refractivity contribution in [2.45, 2.75) is 6.92 Å². The Kier molecular flexibility index (Phi) is 4.25. The number of nitrogens with zero attached hydrogens (tertiary/aromatic N) is 3. The lowest BCUT2D eigenvalue weighted by molar-refractivity contribution is 0.0516. The minimum absolute atomic E-state index is 0.159. The summed E-state index contributed by atoms with van der Waals surface area (Å²) in [4.78, 5) is 20.9. The van der Waals surface area contributed by atoms with Crippen LogP contribution in [0, 0.1) is 0 Å². The fourth-order valence-electron chi connectivity index (χ4n) is 2.82. The van der Waals surface area contributed by atoms with Crippen molar-refractivity contribution in [2.75, 3.05) is 6.61 Å². The molecule has 0 aliphatic carbocycles. The molecule has 1 N–H and O–H groups in total. The van der Waals surface area contributed by atoms with E-state index in [4.69, 9.17) is 9.26 Å². The highest BCUT2D eigenvalue weighted by molar-refractivity contribution is 6.07. The molecule has 7 heteroatoms. The third-order valence-electron chi connectivity index (χ3n) is 4.02. The monoisotopic (exact) mass is 361 g/mol. The average Bonchev–Trinajstić information content (AvgIpc) is 3.15. The van der Waals surface area contributed by atoms with Crippen molar-refractivity contribution in [3.63, 3.8) is 0 Å². The summed E-state index contributed by atoms with van der Waals surface area (Å²) >= 11 is 0. The fourth-order valence-corrected chi connectivity index (χ4v) is 2.82. The lowest BCUT2D eigenvalue weighted by Crippen LogP contribution is -2.08. The van der Waals surface area contributed by atoms with Crippen molar-refractivity contribution >= 4 is 16.9 Å². The van der Waals surface area contributed by atoms with Crippen LogP contribution in [-0.2, 0) is 4.74 Å². The van der Waals surface area contributed by atoms with Gasteiger partial charge < -0.3 is 14.4 Å². The summed E-state index contributed by atoms with van der Waals surface area (Å²) in [5.41, 5.74) is 1.99. The van der Waals surface area contributed by atoms with Gasteiger partial charge >= 0.3 is 5.97 Å². The van der Waals surface area contributed by atoms with E-state index in [1.54, 1.807) is 31.3 Å². The normalized spacial score (nSPS) is 10.9. The van der Waals surface area contributed by atoms with Gasteiger partial charge in [0, 0.05) is 11.8 Å². The Morgan fingerprint density at radius 2 is 1.89 bits per heavy atom. The predicted octanol–water partition coefficient (Wildman–Crippen LogP) is 3.83. The van der Waals surface area contributed by atoms with Crippen LogP contribution >= 0.6 is 0 Å². The first-order valence-electron chi connectivity index (χ1n) is 8.37. The van der Waals surface area contributed by atoms with Gasteiger partial charge in [0.25, 0.3) is 0 Å². The molecule has 27 heavy (non-hydrogen) atoms. The van der Waals surface area contributed by atoms with Crippen molar-refractivity contribution in [1.29, 1.82) is 0 Å². The van der Waals surface area contributed by atoms with Crippen LogP contribution in [0.3, 0.4) is 0 Å². The van der Waals surface area contributed by atoms with E-state index in [1.165, 1.54) is 0 Å². The van der Waals surface area contributed by atoms with E-state index in [9.17, 15) is 9.90 Å². The Hall–Kier alpha value is -3.74.